The highest BCUT2D eigenvalue weighted by molar-refractivity contribution is 7.15. The molecule has 1 aromatic heterocycles. The van der Waals surface area contributed by atoms with E-state index in [2.05, 4.69) is 23.2 Å². The number of aryl methyl sites for hydroxylation is 1. The predicted octanol–water partition coefficient (Wildman–Crippen LogP) is 2.26. The van der Waals surface area contributed by atoms with Crippen molar-refractivity contribution in [3.8, 4) is 0 Å². The van der Waals surface area contributed by atoms with Crippen LogP contribution in [0.1, 0.15) is 17.7 Å². The Morgan fingerprint density at radius 1 is 1.42 bits per heavy atom. The van der Waals surface area contributed by atoms with Crippen LogP contribution in [0.5, 0.6) is 0 Å². The maximum absolute atomic E-state index is 4.37. The van der Waals surface area contributed by atoms with Gasteiger partial charge in [-0.2, -0.15) is 0 Å². The SMILES string of the molecule is Cc1cnc(N2CC[CH]CC2)s1. The molecule has 2 heterocycles. The van der Waals surface area contributed by atoms with Crippen LogP contribution in [0.3, 0.4) is 0 Å². The van der Waals surface area contributed by atoms with Crippen molar-refractivity contribution in [3.05, 3.63) is 17.5 Å². The summed E-state index contributed by atoms with van der Waals surface area (Å²) < 4.78 is 0. The van der Waals surface area contributed by atoms with Crippen LogP contribution < -0.4 is 4.90 Å². The van der Waals surface area contributed by atoms with E-state index in [1.54, 1.807) is 11.3 Å². The highest BCUT2D eigenvalue weighted by Gasteiger charge is 2.12. The van der Waals surface area contributed by atoms with E-state index in [0.717, 1.165) is 13.1 Å². The van der Waals surface area contributed by atoms with Crippen LogP contribution in [-0.2, 0) is 0 Å². The second kappa shape index (κ2) is 3.44. The van der Waals surface area contributed by atoms with Gasteiger partial charge in [0.2, 0.25) is 0 Å². The smallest absolute Gasteiger partial charge is 0.185 e. The lowest BCUT2D eigenvalue weighted by Crippen LogP contribution is -2.29. The number of aromatic nitrogens is 1. The van der Waals surface area contributed by atoms with Crippen molar-refractivity contribution in [2.45, 2.75) is 19.8 Å². The van der Waals surface area contributed by atoms with E-state index < -0.39 is 0 Å². The fourth-order valence-electron chi connectivity index (χ4n) is 1.43. The molecule has 2 rings (SSSR count). The zero-order chi connectivity index (χ0) is 8.39. The summed E-state index contributed by atoms with van der Waals surface area (Å²) >= 11 is 1.80. The second-order valence-electron chi connectivity index (χ2n) is 3.11. The fraction of sp³-hybridized carbons (Fsp3) is 0.556. The summed E-state index contributed by atoms with van der Waals surface area (Å²) in [6.45, 7) is 4.40. The number of thiazole rings is 1. The van der Waals surface area contributed by atoms with Crippen molar-refractivity contribution in [1.29, 1.82) is 0 Å². The van der Waals surface area contributed by atoms with Crippen LogP contribution in [0.4, 0.5) is 5.13 Å². The minimum absolute atomic E-state index is 1.15. The zero-order valence-electron chi connectivity index (χ0n) is 7.29. The lowest BCUT2D eigenvalue weighted by molar-refractivity contribution is 0.677. The Balaban J connectivity index is 2.08. The lowest BCUT2D eigenvalue weighted by Gasteiger charge is -2.25. The van der Waals surface area contributed by atoms with Gasteiger partial charge >= 0.3 is 0 Å². The Morgan fingerprint density at radius 2 is 2.17 bits per heavy atom. The van der Waals surface area contributed by atoms with Gasteiger partial charge < -0.3 is 4.90 Å². The number of anilines is 1. The van der Waals surface area contributed by atoms with E-state index in [4.69, 9.17) is 0 Å². The van der Waals surface area contributed by atoms with Crippen molar-refractivity contribution >= 4 is 16.5 Å². The molecule has 0 aromatic carbocycles. The maximum Gasteiger partial charge on any atom is 0.185 e. The average molecular weight is 181 g/mol. The molecular formula is C9H13N2S. The van der Waals surface area contributed by atoms with Gasteiger partial charge in [0.15, 0.2) is 5.13 Å². The van der Waals surface area contributed by atoms with Crippen molar-refractivity contribution in [2.75, 3.05) is 18.0 Å². The minimum atomic E-state index is 1.15. The molecular weight excluding hydrogens is 168 g/mol. The summed E-state index contributed by atoms with van der Waals surface area (Å²) in [7, 11) is 0. The quantitative estimate of drug-likeness (QED) is 0.660. The van der Waals surface area contributed by atoms with Gasteiger partial charge in [-0.15, -0.1) is 11.3 Å². The molecule has 1 aliphatic heterocycles. The van der Waals surface area contributed by atoms with Gasteiger partial charge in [-0.25, -0.2) is 4.98 Å². The molecule has 65 valence electrons. The van der Waals surface area contributed by atoms with E-state index >= 15 is 0 Å². The summed E-state index contributed by atoms with van der Waals surface area (Å²) in [5, 5.41) is 1.20. The largest absolute Gasteiger partial charge is 0.348 e. The van der Waals surface area contributed by atoms with Crippen LogP contribution in [0.25, 0.3) is 0 Å². The van der Waals surface area contributed by atoms with Gasteiger partial charge in [-0.3, -0.25) is 0 Å². The maximum atomic E-state index is 4.37. The summed E-state index contributed by atoms with van der Waals surface area (Å²) in [4.78, 5) is 8.05. The summed E-state index contributed by atoms with van der Waals surface area (Å²) in [6.07, 6.45) is 6.73. The summed E-state index contributed by atoms with van der Waals surface area (Å²) in [6, 6.07) is 0. The van der Waals surface area contributed by atoms with Crippen LogP contribution >= 0.6 is 11.3 Å². The molecule has 0 aliphatic carbocycles. The van der Waals surface area contributed by atoms with Gasteiger partial charge in [0.25, 0.3) is 0 Å². The number of piperidine rings is 1. The van der Waals surface area contributed by atoms with Crippen LogP contribution in [-0.4, -0.2) is 18.1 Å². The molecule has 2 nitrogen and oxygen atoms in total. The van der Waals surface area contributed by atoms with Crippen LogP contribution in [0.2, 0.25) is 0 Å². The van der Waals surface area contributed by atoms with E-state index in [1.807, 2.05) is 6.20 Å². The van der Waals surface area contributed by atoms with E-state index in [9.17, 15) is 0 Å². The highest BCUT2D eigenvalue weighted by Crippen LogP contribution is 2.24. The molecule has 12 heavy (non-hydrogen) atoms. The third-order valence-corrected chi connectivity index (χ3v) is 3.06. The summed E-state index contributed by atoms with van der Waals surface area (Å²) in [5.74, 6) is 0. The molecule has 1 saturated heterocycles. The first-order valence-electron chi connectivity index (χ1n) is 4.35. The van der Waals surface area contributed by atoms with Gasteiger partial charge in [-0.05, 0) is 26.2 Å². The molecule has 0 bridgehead atoms. The van der Waals surface area contributed by atoms with Crippen LogP contribution in [0, 0.1) is 13.3 Å². The number of hydrogen-bond donors (Lipinski definition) is 0. The third kappa shape index (κ3) is 1.61. The lowest BCUT2D eigenvalue weighted by atomic mass is 10.1. The summed E-state index contributed by atoms with van der Waals surface area (Å²) in [5.41, 5.74) is 0. The van der Waals surface area contributed by atoms with Gasteiger partial charge in [0.1, 0.15) is 0 Å². The second-order valence-corrected chi connectivity index (χ2v) is 4.32. The molecule has 0 atom stereocenters. The number of rotatable bonds is 1. The molecule has 0 unspecified atom stereocenters. The van der Waals surface area contributed by atoms with Crippen molar-refractivity contribution in [3.63, 3.8) is 0 Å². The minimum Gasteiger partial charge on any atom is -0.348 e. The van der Waals surface area contributed by atoms with Crippen molar-refractivity contribution in [2.24, 2.45) is 0 Å². The first kappa shape index (κ1) is 8.05. The zero-order valence-corrected chi connectivity index (χ0v) is 8.10. The van der Waals surface area contributed by atoms with E-state index in [1.165, 1.54) is 22.9 Å². The van der Waals surface area contributed by atoms with Crippen molar-refractivity contribution in [1.82, 2.24) is 4.98 Å². The molecule has 0 N–H and O–H groups in total. The predicted molar refractivity (Wildman–Crippen MR) is 52.6 cm³/mol. The molecule has 0 saturated carbocycles. The fourth-order valence-corrected chi connectivity index (χ4v) is 2.24. The number of hydrogen-bond acceptors (Lipinski definition) is 3. The van der Waals surface area contributed by atoms with E-state index in [-0.39, 0.29) is 0 Å². The topological polar surface area (TPSA) is 16.1 Å². The normalized spacial score (nSPS) is 18.2. The molecule has 1 radical (unpaired) electrons. The van der Waals surface area contributed by atoms with Gasteiger partial charge in [0.05, 0.1) is 0 Å². The molecule has 0 amide bonds. The van der Waals surface area contributed by atoms with Gasteiger partial charge in [-0.1, -0.05) is 0 Å². The molecule has 3 heteroatoms. The highest BCUT2D eigenvalue weighted by atomic mass is 32.1. The van der Waals surface area contributed by atoms with Crippen LogP contribution in [0.15, 0.2) is 6.20 Å². The Hall–Kier alpha value is -0.570. The monoisotopic (exact) mass is 181 g/mol. The average Bonchev–Trinajstić information content (AvgIpc) is 2.54. The Kier molecular flexibility index (Phi) is 2.30. The molecule has 0 spiro atoms. The molecule has 1 aliphatic rings. The Morgan fingerprint density at radius 3 is 2.75 bits per heavy atom. The number of nitrogens with zero attached hydrogens (tertiary/aromatic N) is 2. The Labute approximate surface area is 77.2 Å². The Bertz CT molecular complexity index is 251. The third-order valence-electron chi connectivity index (χ3n) is 2.09. The van der Waals surface area contributed by atoms with Crippen molar-refractivity contribution < 1.29 is 0 Å². The van der Waals surface area contributed by atoms with Gasteiger partial charge in [0, 0.05) is 24.2 Å². The standard InChI is InChI=1S/C9H13N2S/c1-8-7-10-9(12-8)11-5-3-2-4-6-11/h2,7H,3-6H2,1H3. The molecule has 1 fully saturated rings. The molecule has 1 aromatic rings. The van der Waals surface area contributed by atoms with E-state index in [0.29, 0.717) is 0 Å². The first-order chi connectivity index (χ1) is 5.86. The first-order valence-corrected chi connectivity index (χ1v) is 5.17.